The fourth-order valence-corrected chi connectivity index (χ4v) is 2.96. The first-order valence-electron chi connectivity index (χ1n) is 8.92. The number of para-hydroxylation sites is 1. The molecule has 7 heteroatoms. The number of benzene rings is 2. The van der Waals surface area contributed by atoms with Crippen LogP contribution in [0, 0.1) is 5.82 Å². The van der Waals surface area contributed by atoms with E-state index in [0.29, 0.717) is 18.2 Å². The van der Waals surface area contributed by atoms with Gasteiger partial charge in [-0.3, -0.25) is 0 Å². The summed E-state index contributed by atoms with van der Waals surface area (Å²) in [5, 5.41) is 13.2. The third kappa shape index (κ3) is 4.89. The van der Waals surface area contributed by atoms with Crippen LogP contribution < -0.4 is 10.1 Å². The van der Waals surface area contributed by atoms with Crippen molar-refractivity contribution in [1.29, 1.82) is 0 Å². The molecule has 6 nitrogen and oxygen atoms in total. The van der Waals surface area contributed by atoms with Crippen LogP contribution in [0.15, 0.2) is 47.5 Å². The van der Waals surface area contributed by atoms with Crippen molar-refractivity contribution < 1.29 is 14.2 Å². The number of ether oxygens (including phenoxy) is 1. The zero-order valence-corrected chi connectivity index (χ0v) is 15.7. The lowest BCUT2D eigenvalue weighted by Gasteiger charge is -2.34. The van der Waals surface area contributed by atoms with E-state index in [2.05, 4.69) is 22.2 Å². The van der Waals surface area contributed by atoms with Crippen molar-refractivity contribution in [2.45, 2.75) is 6.54 Å². The van der Waals surface area contributed by atoms with Crippen LogP contribution in [0.3, 0.4) is 0 Å². The van der Waals surface area contributed by atoms with Crippen molar-refractivity contribution in [3.63, 3.8) is 0 Å². The maximum absolute atomic E-state index is 13.6. The Morgan fingerprint density at radius 3 is 2.67 bits per heavy atom. The van der Waals surface area contributed by atoms with Gasteiger partial charge in [-0.2, -0.15) is 0 Å². The summed E-state index contributed by atoms with van der Waals surface area (Å²) >= 11 is 0. The first kappa shape index (κ1) is 19.0. The van der Waals surface area contributed by atoms with Gasteiger partial charge in [0, 0.05) is 37.8 Å². The van der Waals surface area contributed by atoms with Gasteiger partial charge in [-0.15, -0.1) is 0 Å². The summed E-state index contributed by atoms with van der Waals surface area (Å²) in [6.45, 7) is 3.82. The first-order chi connectivity index (χ1) is 13.1. The third-order valence-corrected chi connectivity index (χ3v) is 4.60. The lowest BCUT2D eigenvalue weighted by Crippen LogP contribution is -2.49. The second kappa shape index (κ2) is 8.73. The highest BCUT2D eigenvalue weighted by Crippen LogP contribution is 2.24. The summed E-state index contributed by atoms with van der Waals surface area (Å²) in [6.07, 6.45) is 0. The van der Waals surface area contributed by atoms with Gasteiger partial charge in [0.2, 0.25) is 0 Å². The minimum absolute atomic E-state index is 0.0180. The molecule has 0 amide bonds. The Hall–Kier alpha value is -2.80. The number of halogens is 1. The number of nitrogens with one attached hydrogen (secondary N) is 1. The molecular formula is C20H25FN4O2. The van der Waals surface area contributed by atoms with E-state index < -0.39 is 5.82 Å². The average molecular weight is 372 g/mol. The van der Waals surface area contributed by atoms with E-state index in [1.165, 1.54) is 18.2 Å². The molecule has 2 aromatic carbocycles. The Balaban J connectivity index is 1.86. The molecule has 1 fully saturated rings. The second-order valence-corrected chi connectivity index (χ2v) is 6.53. The van der Waals surface area contributed by atoms with Crippen LogP contribution >= 0.6 is 0 Å². The van der Waals surface area contributed by atoms with Crippen LogP contribution in [-0.4, -0.2) is 61.2 Å². The zero-order chi connectivity index (χ0) is 19.2. The Morgan fingerprint density at radius 1 is 1.19 bits per heavy atom. The molecule has 3 rings (SSSR count). The number of hydrogen-bond donors (Lipinski definition) is 2. The van der Waals surface area contributed by atoms with Crippen LogP contribution in [0.5, 0.6) is 11.5 Å². The number of guanidine groups is 1. The molecule has 0 saturated carbocycles. The van der Waals surface area contributed by atoms with Crippen LogP contribution in [0.2, 0.25) is 0 Å². The van der Waals surface area contributed by atoms with E-state index in [1.54, 1.807) is 7.11 Å². The van der Waals surface area contributed by atoms with Crippen molar-refractivity contribution >= 4 is 11.6 Å². The molecule has 0 spiro atoms. The van der Waals surface area contributed by atoms with Gasteiger partial charge in [0.05, 0.1) is 19.3 Å². The molecule has 0 atom stereocenters. The number of anilines is 1. The van der Waals surface area contributed by atoms with Gasteiger partial charge in [-0.25, -0.2) is 9.38 Å². The van der Waals surface area contributed by atoms with E-state index in [0.717, 1.165) is 37.5 Å². The molecule has 2 N–H and O–H groups in total. The largest absolute Gasteiger partial charge is 0.506 e. The number of piperazine rings is 1. The number of rotatable bonds is 4. The minimum Gasteiger partial charge on any atom is -0.506 e. The van der Waals surface area contributed by atoms with Crippen LogP contribution in [0.4, 0.5) is 10.1 Å². The number of nitrogens with zero attached hydrogens (tertiary/aromatic N) is 3. The molecule has 1 aliphatic heterocycles. The van der Waals surface area contributed by atoms with E-state index in [4.69, 9.17) is 9.73 Å². The van der Waals surface area contributed by atoms with E-state index in [1.807, 2.05) is 24.3 Å². The maximum atomic E-state index is 13.6. The van der Waals surface area contributed by atoms with E-state index in [9.17, 15) is 9.50 Å². The summed E-state index contributed by atoms with van der Waals surface area (Å²) in [5.41, 5.74) is 1.25. The topological polar surface area (TPSA) is 60.3 Å². The van der Waals surface area contributed by atoms with Crippen molar-refractivity contribution in [3.05, 3.63) is 53.8 Å². The number of phenolic OH excluding ortho intramolecular Hbond substituents is 1. The first-order valence-corrected chi connectivity index (χ1v) is 8.92. The van der Waals surface area contributed by atoms with Crippen molar-refractivity contribution in [2.24, 2.45) is 4.99 Å². The molecule has 27 heavy (non-hydrogen) atoms. The standard InChI is InChI=1S/C20H25FN4O2/c1-24-9-11-25(12-10-24)20(23-17-13-16(21)7-8-18(17)26)22-14-15-5-3-4-6-19(15)27-2/h3-8,13,26H,9-12,14H2,1-2H3,(H,22,23). The van der Waals surface area contributed by atoms with Crippen molar-refractivity contribution in [3.8, 4) is 11.5 Å². The quantitative estimate of drug-likeness (QED) is 0.491. The Morgan fingerprint density at radius 2 is 1.93 bits per heavy atom. The van der Waals surface area contributed by atoms with Crippen LogP contribution in [-0.2, 0) is 6.54 Å². The Kier molecular flexibility index (Phi) is 6.13. The van der Waals surface area contributed by atoms with Crippen LogP contribution in [0.1, 0.15) is 5.56 Å². The molecular weight excluding hydrogens is 347 g/mol. The summed E-state index contributed by atoms with van der Waals surface area (Å²) in [7, 11) is 3.71. The fourth-order valence-electron chi connectivity index (χ4n) is 2.96. The van der Waals surface area contributed by atoms with Crippen molar-refractivity contribution in [1.82, 2.24) is 9.80 Å². The molecule has 0 radical (unpaired) electrons. The zero-order valence-electron chi connectivity index (χ0n) is 15.7. The smallest absolute Gasteiger partial charge is 0.198 e. The minimum atomic E-state index is -0.419. The lowest BCUT2D eigenvalue weighted by molar-refractivity contribution is 0.215. The predicted octanol–water partition coefficient (Wildman–Crippen LogP) is 2.76. The predicted molar refractivity (Wildman–Crippen MR) is 105 cm³/mol. The average Bonchev–Trinajstić information content (AvgIpc) is 2.68. The number of hydrogen-bond acceptors (Lipinski definition) is 4. The lowest BCUT2D eigenvalue weighted by atomic mass is 10.2. The molecule has 0 unspecified atom stereocenters. The summed E-state index contributed by atoms with van der Waals surface area (Å²) in [4.78, 5) is 9.07. The second-order valence-electron chi connectivity index (χ2n) is 6.53. The van der Waals surface area contributed by atoms with E-state index in [-0.39, 0.29) is 5.75 Å². The SMILES string of the molecule is COc1ccccc1CN=C(Nc1cc(F)ccc1O)N1CCN(C)CC1. The molecule has 1 saturated heterocycles. The van der Waals surface area contributed by atoms with Gasteiger partial charge in [0.25, 0.3) is 0 Å². The molecule has 0 aromatic heterocycles. The fraction of sp³-hybridized carbons (Fsp3) is 0.350. The van der Waals surface area contributed by atoms with E-state index >= 15 is 0 Å². The van der Waals surface area contributed by atoms with Gasteiger partial charge in [0.1, 0.15) is 17.3 Å². The van der Waals surface area contributed by atoms with Gasteiger partial charge >= 0.3 is 0 Å². The number of aliphatic imine (C=N–C) groups is 1. The number of phenols is 1. The number of aromatic hydroxyl groups is 1. The normalized spacial score (nSPS) is 15.7. The maximum Gasteiger partial charge on any atom is 0.198 e. The Bertz CT molecular complexity index is 804. The Labute approximate surface area is 158 Å². The van der Waals surface area contributed by atoms with Crippen LogP contribution in [0.25, 0.3) is 0 Å². The molecule has 2 aromatic rings. The summed E-state index contributed by atoms with van der Waals surface area (Å²) in [5.74, 6) is 0.941. The van der Waals surface area contributed by atoms with Crippen molar-refractivity contribution in [2.75, 3.05) is 45.7 Å². The van der Waals surface area contributed by atoms with Gasteiger partial charge < -0.3 is 25.0 Å². The molecule has 144 valence electrons. The highest BCUT2D eigenvalue weighted by molar-refractivity contribution is 5.95. The highest BCUT2D eigenvalue weighted by Gasteiger charge is 2.19. The van der Waals surface area contributed by atoms with Gasteiger partial charge in [-0.05, 0) is 25.2 Å². The monoisotopic (exact) mass is 372 g/mol. The number of likely N-dealkylation sites (N-methyl/N-ethyl adjacent to an activating group) is 1. The molecule has 1 heterocycles. The summed E-state index contributed by atoms with van der Waals surface area (Å²) in [6, 6.07) is 11.5. The third-order valence-electron chi connectivity index (χ3n) is 4.60. The molecule has 0 aliphatic carbocycles. The number of methoxy groups -OCH3 is 1. The van der Waals surface area contributed by atoms with Gasteiger partial charge in [-0.1, -0.05) is 18.2 Å². The molecule has 0 bridgehead atoms. The molecule has 1 aliphatic rings. The summed E-state index contributed by atoms with van der Waals surface area (Å²) < 4.78 is 19.0. The van der Waals surface area contributed by atoms with Gasteiger partial charge in [0.15, 0.2) is 5.96 Å². The highest BCUT2D eigenvalue weighted by atomic mass is 19.1.